The van der Waals surface area contributed by atoms with Gasteiger partial charge < -0.3 is 9.84 Å². The van der Waals surface area contributed by atoms with Crippen molar-refractivity contribution in [3.8, 4) is 5.75 Å². The van der Waals surface area contributed by atoms with E-state index >= 15 is 0 Å². The van der Waals surface area contributed by atoms with E-state index in [1.54, 1.807) is 30.3 Å². The Morgan fingerprint density at radius 3 is 2.33 bits per heavy atom. The third kappa shape index (κ3) is 3.75. The van der Waals surface area contributed by atoms with E-state index in [1.807, 2.05) is 0 Å². The lowest BCUT2D eigenvalue weighted by molar-refractivity contribution is -0.138. The Kier molecular flexibility index (Phi) is 4.16. The van der Waals surface area contributed by atoms with Crippen LogP contribution in [-0.2, 0) is 12.8 Å². The number of halogens is 3. The van der Waals surface area contributed by atoms with Gasteiger partial charge in [0.15, 0.2) is 0 Å². The van der Waals surface area contributed by atoms with Gasteiger partial charge in [-0.15, -0.1) is 0 Å². The van der Waals surface area contributed by atoms with Crippen LogP contribution in [-0.4, -0.2) is 11.1 Å². The first-order chi connectivity index (χ1) is 9.88. The van der Waals surface area contributed by atoms with Crippen molar-refractivity contribution in [1.29, 1.82) is 0 Å². The summed E-state index contributed by atoms with van der Waals surface area (Å²) in [5, 5.41) is 8.80. The molecule has 6 heteroatoms. The van der Waals surface area contributed by atoms with Crippen molar-refractivity contribution < 1.29 is 27.8 Å². The molecule has 21 heavy (non-hydrogen) atoms. The summed E-state index contributed by atoms with van der Waals surface area (Å²) >= 11 is 0. The van der Waals surface area contributed by atoms with Gasteiger partial charge in [0.05, 0.1) is 11.1 Å². The van der Waals surface area contributed by atoms with Gasteiger partial charge in [0.2, 0.25) is 0 Å². The second-order valence-corrected chi connectivity index (χ2v) is 4.28. The van der Waals surface area contributed by atoms with Gasteiger partial charge in [-0.2, -0.15) is 13.2 Å². The highest BCUT2D eigenvalue weighted by atomic mass is 19.4. The molecule has 0 saturated heterocycles. The maximum Gasteiger partial charge on any atom is 0.417 e. The molecule has 0 fully saturated rings. The average molecular weight is 296 g/mol. The summed E-state index contributed by atoms with van der Waals surface area (Å²) in [4.78, 5) is 10.8. The zero-order valence-electron chi connectivity index (χ0n) is 10.7. The molecule has 0 aromatic heterocycles. The molecule has 0 radical (unpaired) electrons. The summed E-state index contributed by atoms with van der Waals surface area (Å²) in [6.45, 7) is -0.0764. The number of carboxylic acid groups (broad SMARTS) is 1. The molecular weight excluding hydrogens is 285 g/mol. The molecule has 0 heterocycles. The van der Waals surface area contributed by atoms with Crippen LogP contribution in [0.25, 0.3) is 0 Å². The van der Waals surface area contributed by atoms with Gasteiger partial charge in [0, 0.05) is 0 Å². The fourth-order valence-corrected chi connectivity index (χ4v) is 1.79. The molecule has 110 valence electrons. The van der Waals surface area contributed by atoms with E-state index < -0.39 is 23.3 Å². The molecule has 0 bridgehead atoms. The summed E-state index contributed by atoms with van der Waals surface area (Å²) in [7, 11) is 0. The first-order valence-electron chi connectivity index (χ1n) is 5.99. The Morgan fingerprint density at radius 1 is 1.10 bits per heavy atom. The van der Waals surface area contributed by atoms with E-state index in [0.717, 1.165) is 12.1 Å². The van der Waals surface area contributed by atoms with Gasteiger partial charge in [-0.3, -0.25) is 0 Å². The highest BCUT2D eigenvalue weighted by molar-refractivity contribution is 5.89. The Labute approximate surface area is 118 Å². The number of carboxylic acids is 1. The van der Waals surface area contributed by atoms with Crippen LogP contribution < -0.4 is 4.74 Å². The molecule has 0 amide bonds. The van der Waals surface area contributed by atoms with Crippen LogP contribution in [0.5, 0.6) is 5.75 Å². The van der Waals surface area contributed by atoms with Crippen LogP contribution in [0.15, 0.2) is 48.5 Å². The summed E-state index contributed by atoms with van der Waals surface area (Å²) in [6.07, 6.45) is -4.73. The number of carbonyl (C=O) groups is 1. The third-order valence-corrected chi connectivity index (χ3v) is 2.77. The lowest BCUT2D eigenvalue weighted by Crippen LogP contribution is -2.13. The quantitative estimate of drug-likeness (QED) is 0.928. The van der Waals surface area contributed by atoms with Crippen LogP contribution in [0.2, 0.25) is 0 Å². The van der Waals surface area contributed by atoms with Gasteiger partial charge in [-0.25, -0.2) is 4.79 Å². The van der Waals surface area contributed by atoms with Gasteiger partial charge in [-0.1, -0.05) is 24.3 Å². The van der Waals surface area contributed by atoms with Gasteiger partial charge >= 0.3 is 12.1 Å². The highest BCUT2D eigenvalue weighted by Gasteiger charge is 2.35. The Bertz CT molecular complexity index is 636. The predicted octanol–water partition coefficient (Wildman–Crippen LogP) is 3.98. The van der Waals surface area contributed by atoms with Crippen LogP contribution in [0.3, 0.4) is 0 Å². The SMILES string of the molecule is O=C(O)c1ccc(COc2ccccc2)cc1C(F)(F)F. The molecule has 1 N–H and O–H groups in total. The van der Waals surface area contributed by atoms with E-state index in [-0.39, 0.29) is 12.2 Å². The van der Waals surface area contributed by atoms with Crippen molar-refractivity contribution in [3.63, 3.8) is 0 Å². The minimum atomic E-state index is -4.73. The maximum atomic E-state index is 12.8. The highest BCUT2D eigenvalue weighted by Crippen LogP contribution is 2.33. The van der Waals surface area contributed by atoms with E-state index in [9.17, 15) is 18.0 Å². The van der Waals surface area contributed by atoms with Crippen molar-refractivity contribution in [3.05, 3.63) is 65.2 Å². The molecule has 2 aromatic rings. The standard InChI is InChI=1S/C15H11F3O3/c16-15(17,18)13-8-10(6-7-12(13)14(19)20)9-21-11-4-2-1-3-5-11/h1-8H,9H2,(H,19,20). The molecule has 0 aliphatic rings. The normalized spacial score (nSPS) is 11.2. The summed E-state index contributed by atoms with van der Waals surface area (Å²) < 4.78 is 43.9. The minimum Gasteiger partial charge on any atom is -0.489 e. The fraction of sp³-hybridized carbons (Fsp3) is 0.133. The lowest BCUT2D eigenvalue weighted by Gasteiger charge is -2.12. The van der Waals surface area contributed by atoms with E-state index in [4.69, 9.17) is 9.84 Å². The van der Waals surface area contributed by atoms with Crippen LogP contribution in [0.1, 0.15) is 21.5 Å². The topological polar surface area (TPSA) is 46.5 Å². The number of para-hydroxylation sites is 1. The number of benzene rings is 2. The molecule has 2 rings (SSSR count). The molecule has 0 saturated carbocycles. The van der Waals surface area contributed by atoms with E-state index in [0.29, 0.717) is 5.75 Å². The van der Waals surface area contributed by atoms with Crippen molar-refractivity contribution in [2.75, 3.05) is 0 Å². The van der Waals surface area contributed by atoms with E-state index in [1.165, 1.54) is 6.07 Å². The monoisotopic (exact) mass is 296 g/mol. The zero-order chi connectivity index (χ0) is 15.5. The van der Waals surface area contributed by atoms with Crippen LogP contribution >= 0.6 is 0 Å². The first-order valence-corrected chi connectivity index (χ1v) is 5.99. The zero-order valence-corrected chi connectivity index (χ0v) is 10.7. The molecule has 0 atom stereocenters. The summed E-state index contributed by atoms with van der Waals surface area (Å²) in [5.74, 6) is -1.09. The molecule has 2 aromatic carbocycles. The fourth-order valence-electron chi connectivity index (χ4n) is 1.79. The number of aromatic carboxylic acids is 1. The van der Waals surface area contributed by atoms with Crippen molar-refractivity contribution in [1.82, 2.24) is 0 Å². The molecule has 0 unspecified atom stereocenters. The number of rotatable bonds is 4. The van der Waals surface area contributed by atoms with Crippen LogP contribution in [0, 0.1) is 0 Å². The third-order valence-electron chi connectivity index (χ3n) is 2.77. The Balaban J connectivity index is 2.24. The predicted molar refractivity (Wildman–Crippen MR) is 69.2 cm³/mol. The van der Waals surface area contributed by atoms with Gasteiger partial charge in [0.1, 0.15) is 12.4 Å². The molecule has 0 aliphatic carbocycles. The number of hydrogen-bond acceptors (Lipinski definition) is 2. The smallest absolute Gasteiger partial charge is 0.417 e. The largest absolute Gasteiger partial charge is 0.489 e. The van der Waals surface area contributed by atoms with Gasteiger partial charge in [0.25, 0.3) is 0 Å². The van der Waals surface area contributed by atoms with Crippen molar-refractivity contribution >= 4 is 5.97 Å². The maximum absolute atomic E-state index is 12.8. The van der Waals surface area contributed by atoms with Crippen LogP contribution in [0.4, 0.5) is 13.2 Å². The van der Waals surface area contributed by atoms with Gasteiger partial charge in [-0.05, 0) is 29.8 Å². The molecule has 3 nitrogen and oxygen atoms in total. The number of alkyl halides is 3. The lowest BCUT2D eigenvalue weighted by atomic mass is 10.0. The van der Waals surface area contributed by atoms with Crippen molar-refractivity contribution in [2.45, 2.75) is 12.8 Å². The molecule has 0 aliphatic heterocycles. The molecular formula is C15H11F3O3. The van der Waals surface area contributed by atoms with Crippen molar-refractivity contribution in [2.24, 2.45) is 0 Å². The second-order valence-electron chi connectivity index (χ2n) is 4.28. The number of hydrogen-bond donors (Lipinski definition) is 1. The van der Waals surface area contributed by atoms with E-state index in [2.05, 4.69) is 0 Å². The second kappa shape index (κ2) is 5.87. The Morgan fingerprint density at radius 2 is 1.76 bits per heavy atom. The number of ether oxygens (including phenoxy) is 1. The molecule has 0 spiro atoms. The average Bonchev–Trinajstić information content (AvgIpc) is 2.45. The summed E-state index contributed by atoms with van der Waals surface area (Å²) in [6, 6.07) is 11.7. The minimum absolute atomic E-state index is 0.0764. The Hall–Kier alpha value is -2.50. The summed E-state index contributed by atoms with van der Waals surface area (Å²) in [5.41, 5.74) is -1.70. The first kappa shape index (κ1) is 14.9.